The maximum Gasteiger partial charge on any atom is 0.416 e. The van der Waals surface area contributed by atoms with Crippen LogP contribution in [0.25, 0.3) is 0 Å². The van der Waals surface area contributed by atoms with Crippen molar-refractivity contribution in [2.75, 3.05) is 0 Å². The van der Waals surface area contributed by atoms with Crippen LogP contribution in [0, 0.1) is 5.92 Å². The van der Waals surface area contributed by atoms with Crippen LogP contribution in [0.15, 0.2) is 24.3 Å². The number of carboxylic acids is 1. The predicted molar refractivity (Wildman–Crippen MR) is 69.8 cm³/mol. The molecule has 0 radical (unpaired) electrons. The van der Waals surface area contributed by atoms with E-state index in [9.17, 15) is 22.8 Å². The van der Waals surface area contributed by atoms with E-state index in [4.69, 9.17) is 5.11 Å². The normalized spacial score (nSPS) is 14.3. The SMILES string of the molecule is CC[C@H](C)[C@@H](NC(=O)c1ccc(C(F)(F)F)cc1)C(=O)O. The number of amides is 1. The minimum atomic E-state index is -4.48. The van der Waals surface area contributed by atoms with Gasteiger partial charge in [0.1, 0.15) is 6.04 Å². The summed E-state index contributed by atoms with van der Waals surface area (Å²) in [6, 6.07) is 2.54. The Hall–Kier alpha value is -2.05. The number of aliphatic carboxylic acids is 1. The van der Waals surface area contributed by atoms with Crippen LogP contribution in [0.5, 0.6) is 0 Å². The fourth-order valence-corrected chi connectivity index (χ4v) is 1.72. The minimum absolute atomic E-state index is 0.0162. The van der Waals surface area contributed by atoms with Gasteiger partial charge in [-0.2, -0.15) is 13.2 Å². The van der Waals surface area contributed by atoms with Crippen LogP contribution in [-0.2, 0) is 11.0 Å². The van der Waals surface area contributed by atoms with Gasteiger partial charge in [-0.3, -0.25) is 4.79 Å². The van der Waals surface area contributed by atoms with Gasteiger partial charge >= 0.3 is 12.1 Å². The van der Waals surface area contributed by atoms with Crippen LogP contribution in [0.2, 0.25) is 0 Å². The molecule has 0 heterocycles. The van der Waals surface area contributed by atoms with Gasteiger partial charge in [-0.15, -0.1) is 0 Å². The summed E-state index contributed by atoms with van der Waals surface area (Å²) in [6.07, 6.45) is -3.93. The summed E-state index contributed by atoms with van der Waals surface area (Å²) in [4.78, 5) is 23.0. The van der Waals surface area contributed by atoms with Crippen LogP contribution in [0.4, 0.5) is 13.2 Å². The third-order valence-corrected chi connectivity index (χ3v) is 3.24. The fraction of sp³-hybridized carbons (Fsp3) is 0.429. The van der Waals surface area contributed by atoms with E-state index >= 15 is 0 Å². The van der Waals surface area contributed by atoms with E-state index in [0.717, 1.165) is 24.3 Å². The van der Waals surface area contributed by atoms with Crippen LogP contribution in [-0.4, -0.2) is 23.0 Å². The lowest BCUT2D eigenvalue weighted by Crippen LogP contribution is -2.45. The lowest BCUT2D eigenvalue weighted by atomic mass is 9.99. The molecule has 1 aromatic carbocycles. The molecule has 4 nitrogen and oxygen atoms in total. The molecule has 2 atom stereocenters. The summed E-state index contributed by atoms with van der Waals surface area (Å²) in [5, 5.41) is 11.4. The second-order valence-electron chi connectivity index (χ2n) is 4.75. The van der Waals surface area contributed by atoms with Crippen molar-refractivity contribution >= 4 is 11.9 Å². The van der Waals surface area contributed by atoms with Crippen molar-refractivity contribution in [3.05, 3.63) is 35.4 Å². The molecule has 116 valence electrons. The summed E-state index contributed by atoms with van der Waals surface area (Å²) in [7, 11) is 0. The Kier molecular flexibility index (Phi) is 5.34. The van der Waals surface area contributed by atoms with Gasteiger partial charge in [0.25, 0.3) is 5.91 Å². The molecule has 0 aliphatic heterocycles. The summed E-state index contributed by atoms with van der Waals surface area (Å²) in [5.41, 5.74) is -0.881. The third-order valence-electron chi connectivity index (χ3n) is 3.24. The van der Waals surface area contributed by atoms with Crippen molar-refractivity contribution in [1.29, 1.82) is 0 Å². The summed E-state index contributed by atoms with van der Waals surface area (Å²) in [6.45, 7) is 3.46. The first-order valence-corrected chi connectivity index (χ1v) is 6.37. The number of carboxylic acid groups (broad SMARTS) is 1. The second-order valence-corrected chi connectivity index (χ2v) is 4.75. The number of carbonyl (C=O) groups is 2. The Labute approximate surface area is 120 Å². The molecule has 0 saturated heterocycles. The zero-order valence-corrected chi connectivity index (χ0v) is 11.6. The molecule has 0 bridgehead atoms. The van der Waals surface area contributed by atoms with E-state index in [1.807, 2.05) is 0 Å². The standard InChI is InChI=1S/C14H16F3NO3/c1-3-8(2)11(13(20)21)18-12(19)9-4-6-10(7-5-9)14(15,16)17/h4-8,11H,3H2,1-2H3,(H,18,19)(H,20,21)/t8-,11+/m0/s1. The first kappa shape index (κ1) is 17.0. The lowest BCUT2D eigenvalue weighted by molar-refractivity contribution is -0.140. The zero-order chi connectivity index (χ0) is 16.2. The number of alkyl halides is 3. The summed E-state index contributed by atoms with van der Waals surface area (Å²) < 4.78 is 37.2. The highest BCUT2D eigenvalue weighted by atomic mass is 19.4. The van der Waals surface area contributed by atoms with Gasteiger partial charge in [-0.25, -0.2) is 4.79 Å². The quantitative estimate of drug-likeness (QED) is 0.879. The average Bonchev–Trinajstić information content (AvgIpc) is 2.42. The minimum Gasteiger partial charge on any atom is -0.480 e. The summed E-state index contributed by atoms with van der Waals surface area (Å²) >= 11 is 0. The Bertz CT molecular complexity index is 511. The highest BCUT2D eigenvalue weighted by Gasteiger charge is 2.30. The first-order valence-electron chi connectivity index (χ1n) is 6.37. The van der Waals surface area contributed by atoms with Crippen molar-refractivity contribution < 1.29 is 27.9 Å². The van der Waals surface area contributed by atoms with E-state index in [2.05, 4.69) is 5.32 Å². The van der Waals surface area contributed by atoms with Gasteiger partial charge in [-0.05, 0) is 30.2 Å². The Morgan fingerprint density at radius 1 is 1.24 bits per heavy atom. The molecule has 0 spiro atoms. The highest BCUT2D eigenvalue weighted by molar-refractivity contribution is 5.96. The van der Waals surface area contributed by atoms with Gasteiger partial charge in [-0.1, -0.05) is 20.3 Å². The monoisotopic (exact) mass is 303 g/mol. The molecule has 2 N–H and O–H groups in total. The molecule has 0 aliphatic rings. The maximum atomic E-state index is 12.4. The van der Waals surface area contributed by atoms with Crippen LogP contribution in [0.3, 0.4) is 0 Å². The maximum absolute atomic E-state index is 12.4. The van der Waals surface area contributed by atoms with Crippen LogP contribution < -0.4 is 5.32 Å². The number of benzene rings is 1. The smallest absolute Gasteiger partial charge is 0.416 e. The van der Waals surface area contributed by atoms with E-state index in [1.54, 1.807) is 13.8 Å². The Balaban J connectivity index is 2.86. The van der Waals surface area contributed by atoms with Crippen LogP contribution >= 0.6 is 0 Å². The van der Waals surface area contributed by atoms with Crippen molar-refractivity contribution in [1.82, 2.24) is 5.32 Å². The average molecular weight is 303 g/mol. The number of hydrogen-bond donors (Lipinski definition) is 2. The molecule has 0 aliphatic carbocycles. The van der Waals surface area contributed by atoms with E-state index in [0.29, 0.717) is 6.42 Å². The molecular formula is C14H16F3NO3. The topological polar surface area (TPSA) is 66.4 Å². The Morgan fingerprint density at radius 2 is 1.76 bits per heavy atom. The number of halogens is 3. The van der Waals surface area contributed by atoms with Crippen LogP contribution in [0.1, 0.15) is 36.2 Å². The lowest BCUT2D eigenvalue weighted by Gasteiger charge is -2.20. The van der Waals surface area contributed by atoms with Crippen molar-refractivity contribution in [3.63, 3.8) is 0 Å². The number of nitrogens with one attached hydrogen (secondary N) is 1. The molecule has 0 unspecified atom stereocenters. The van der Waals surface area contributed by atoms with E-state index < -0.39 is 29.7 Å². The van der Waals surface area contributed by atoms with Gasteiger partial charge in [0.15, 0.2) is 0 Å². The molecule has 1 rings (SSSR count). The fourth-order valence-electron chi connectivity index (χ4n) is 1.72. The molecule has 0 fully saturated rings. The molecule has 21 heavy (non-hydrogen) atoms. The highest BCUT2D eigenvalue weighted by Crippen LogP contribution is 2.29. The second kappa shape index (κ2) is 6.60. The predicted octanol–water partition coefficient (Wildman–Crippen LogP) is 2.93. The molecule has 0 saturated carbocycles. The molecular weight excluding hydrogens is 287 g/mol. The molecule has 0 aromatic heterocycles. The number of carbonyl (C=O) groups excluding carboxylic acids is 1. The summed E-state index contributed by atoms with van der Waals surface area (Å²) in [5.74, 6) is -2.18. The number of rotatable bonds is 5. The molecule has 7 heteroatoms. The van der Waals surface area contributed by atoms with E-state index in [1.165, 1.54) is 0 Å². The van der Waals surface area contributed by atoms with E-state index in [-0.39, 0.29) is 11.5 Å². The first-order chi connectivity index (χ1) is 9.66. The zero-order valence-electron chi connectivity index (χ0n) is 11.6. The van der Waals surface area contributed by atoms with Crippen molar-refractivity contribution in [2.45, 2.75) is 32.5 Å². The Morgan fingerprint density at radius 3 is 2.14 bits per heavy atom. The van der Waals surface area contributed by atoms with Gasteiger partial charge < -0.3 is 10.4 Å². The van der Waals surface area contributed by atoms with Crippen molar-refractivity contribution in [2.24, 2.45) is 5.92 Å². The molecule has 1 aromatic rings. The van der Waals surface area contributed by atoms with Gasteiger partial charge in [0, 0.05) is 5.56 Å². The van der Waals surface area contributed by atoms with Crippen molar-refractivity contribution in [3.8, 4) is 0 Å². The largest absolute Gasteiger partial charge is 0.480 e. The third kappa shape index (κ3) is 4.47. The van der Waals surface area contributed by atoms with Gasteiger partial charge in [0.2, 0.25) is 0 Å². The van der Waals surface area contributed by atoms with Gasteiger partial charge in [0.05, 0.1) is 5.56 Å². The molecule has 1 amide bonds. The number of hydrogen-bond acceptors (Lipinski definition) is 2.